The first-order chi connectivity index (χ1) is 9.33. The van der Waals surface area contributed by atoms with Crippen LogP contribution in [0.2, 0.25) is 0 Å². The molecule has 0 radical (unpaired) electrons. The standard InChI is InChI=1S/C15H16ClNO2/c1-2-7-18-14-5-3-4-6-15(14)19-13-8-12(9-16)10-17-11-13/h3-6,8,10-11H,2,7,9H2,1H3. The number of halogens is 1. The van der Waals surface area contributed by atoms with Crippen molar-refractivity contribution >= 4 is 11.6 Å². The third-order valence-corrected chi connectivity index (χ3v) is 2.77. The van der Waals surface area contributed by atoms with Crippen molar-refractivity contribution in [2.75, 3.05) is 6.61 Å². The Kier molecular flexibility index (Phi) is 5.04. The summed E-state index contributed by atoms with van der Waals surface area (Å²) in [5.74, 6) is 2.49. The van der Waals surface area contributed by atoms with Crippen LogP contribution >= 0.6 is 11.6 Å². The van der Waals surface area contributed by atoms with E-state index in [9.17, 15) is 0 Å². The highest BCUT2D eigenvalue weighted by Gasteiger charge is 2.06. The lowest BCUT2D eigenvalue weighted by atomic mass is 10.3. The fourth-order valence-electron chi connectivity index (χ4n) is 1.59. The topological polar surface area (TPSA) is 31.4 Å². The van der Waals surface area contributed by atoms with Gasteiger partial charge in [0.25, 0.3) is 0 Å². The molecular formula is C15H16ClNO2. The molecule has 1 aromatic heterocycles. The summed E-state index contributed by atoms with van der Waals surface area (Å²) in [5, 5.41) is 0. The number of pyridine rings is 1. The van der Waals surface area contributed by atoms with Crippen LogP contribution in [0.1, 0.15) is 18.9 Å². The summed E-state index contributed by atoms with van der Waals surface area (Å²) in [6, 6.07) is 9.47. The minimum Gasteiger partial charge on any atom is -0.490 e. The van der Waals surface area contributed by atoms with Crippen LogP contribution in [0.25, 0.3) is 0 Å². The number of benzene rings is 1. The average molecular weight is 278 g/mol. The highest BCUT2D eigenvalue weighted by atomic mass is 35.5. The van der Waals surface area contributed by atoms with Gasteiger partial charge in [0.05, 0.1) is 12.8 Å². The van der Waals surface area contributed by atoms with Crippen molar-refractivity contribution in [2.24, 2.45) is 0 Å². The molecule has 19 heavy (non-hydrogen) atoms. The summed E-state index contributed by atoms with van der Waals surface area (Å²) in [6.45, 7) is 2.73. The van der Waals surface area contributed by atoms with Crippen molar-refractivity contribution in [1.82, 2.24) is 4.98 Å². The second kappa shape index (κ2) is 7.00. The molecule has 0 spiro atoms. The van der Waals surface area contributed by atoms with Crippen LogP contribution in [0.3, 0.4) is 0 Å². The van der Waals surface area contributed by atoms with E-state index in [1.807, 2.05) is 30.3 Å². The lowest BCUT2D eigenvalue weighted by Crippen LogP contribution is -1.97. The Morgan fingerprint density at radius 1 is 1.16 bits per heavy atom. The zero-order chi connectivity index (χ0) is 13.5. The number of ether oxygens (including phenoxy) is 2. The molecule has 2 aromatic rings. The maximum atomic E-state index is 5.80. The van der Waals surface area contributed by atoms with Gasteiger partial charge in [-0.2, -0.15) is 0 Å². The van der Waals surface area contributed by atoms with Crippen LogP contribution in [-0.4, -0.2) is 11.6 Å². The fourth-order valence-corrected chi connectivity index (χ4v) is 1.73. The van der Waals surface area contributed by atoms with E-state index in [1.54, 1.807) is 12.4 Å². The lowest BCUT2D eigenvalue weighted by Gasteiger charge is -2.11. The number of alkyl halides is 1. The van der Waals surface area contributed by atoms with Crippen molar-refractivity contribution < 1.29 is 9.47 Å². The first-order valence-electron chi connectivity index (χ1n) is 6.23. The van der Waals surface area contributed by atoms with E-state index < -0.39 is 0 Å². The number of aromatic nitrogens is 1. The smallest absolute Gasteiger partial charge is 0.169 e. The Hall–Kier alpha value is -1.74. The minimum absolute atomic E-state index is 0.415. The van der Waals surface area contributed by atoms with E-state index in [-0.39, 0.29) is 0 Å². The molecule has 100 valence electrons. The van der Waals surface area contributed by atoms with Crippen molar-refractivity contribution in [3.05, 3.63) is 48.3 Å². The van der Waals surface area contributed by atoms with E-state index in [0.717, 1.165) is 17.7 Å². The quantitative estimate of drug-likeness (QED) is 0.733. The maximum Gasteiger partial charge on any atom is 0.169 e. The fraction of sp³-hybridized carbons (Fsp3) is 0.267. The summed E-state index contributed by atoms with van der Waals surface area (Å²) in [4.78, 5) is 4.09. The normalized spacial score (nSPS) is 10.2. The van der Waals surface area contributed by atoms with Gasteiger partial charge in [-0.15, -0.1) is 11.6 Å². The molecule has 0 saturated heterocycles. The van der Waals surface area contributed by atoms with Crippen molar-refractivity contribution in [3.63, 3.8) is 0 Å². The van der Waals surface area contributed by atoms with Gasteiger partial charge in [0.15, 0.2) is 11.5 Å². The zero-order valence-corrected chi connectivity index (χ0v) is 11.6. The Bertz CT molecular complexity index is 531. The summed E-state index contributed by atoms with van der Waals surface area (Å²) in [6.07, 6.45) is 4.34. The Morgan fingerprint density at radius 2 is 1.95 bits per heavy atom. The third kappa shape index (κ3) is 3.86. The van der Waals surface area contributed by atoms with Crippen LogP contribution in [-0.2, 0) is 5.88 Å². The predicted molar refractivity (Wildman–Crippen MR) is 76.1 cm³/mol. The molecule has 0 N–H and O–H groups in total. The highest BCUT2D eigenvalue weighted by Crippen LogP contribution is 2.31. The molecule has 1 aromatic carbocycles. The third-order valence-electron chi connectivity index (χ3n) is 2.46. The predicted octanol–water partition coefficient (Wildman–Crippen LogP) is 4.40. The molecular weight excluding hydrogens is 262 g/mol. The van der Waals surface area contributed by atoms with Gasteiger partial charge < -0.3 is 9.47 Å². The first kappa shape index (κ1) is 13.7. The molecule has 0 aliphatic carbocycles. The van der Waals surface area contributed by atoms with Crippen LogP contribution in [0.4, 0.5) is 0 Å². The van der Waals surface area contributed by atoms with Crippen molar-refractivity contribution in [1.29, 1.82) is 0 Å². The van der Waals surface area contributed by atoms with E-state index >= 15 is 0 Å². The van der Waals surface area contributed by atoms with Crippen molar-refractivity contribution in [3.8, 4) is 17.2 Å². The Morgan fingerprint density at radius 3 is 2.68 bits per heavy atom. The van der Waals surface area contributed by atoms with E-state index in [2.05, 4.69) is 11.9 Å². The number of para-hydroxylation sites is 2. The van der Waals surface area contributed by atoms with Crippen LogP contribution in [0.15, 0.2) is 42.7 Å². The molecule has 0 aliphatic rings. The van der Waals surface area contributed by atoms with Crippen LogP contribution < -0.4 is 9.47 Å². The second-order valence-corrected chi connectivity index (χ2v) is 4.33. The molecule has 0 bridgehead atoms. The largest absolute Gasteiger partial charge is 0.490 e. The molecule has 4 heteroatoms. The summed E-state index contributed by atoms with van der Waals surface area (Å²) in [5.41, 5.74) is 0.922. The first-order valence-corrected chi connectivity index (χ1v) is 6.76. The van der Waals surface area contributed by atoms with Gasteiger partial charge in [-0.1, -0.05) is 19.1 Å². The van der Waals surface area contributed by atoms with E-state index in [0.29, 0.717) is 24.0 Å². The van der Waals surface area contributed by atoms with Crippen molar-refractivity contribution in [2.45, 2.75) is 19.2 Å². The van der Waals surface area contributed by atoms with Gasteiger partial charge >= 0.3 is 0 Å². The molecule has 0 aliphatic heterocycles. The monoisotopic (exact) mass is 277 g/mol. The lowest BCUT2D eigenvalue weighted by molar-refractivity contribution is 0.302. The number of hydrogen-bond acceptors (Lipinski definition) is 3. The Labute approximate surface area is 118 Å². The molecule has 0 fully saturated rings. The zero-order valence-electron chi connectivity index (χ0n) is 10.8. The molecule has 1 heterocycles. The number of rotatable bonds is 6. The minimum atomic E-state index is 0.415. The van der Waals surface area contributed by atoms with Gasteiger partial charge in [0.2, 0.25) is 0 Å². The molecule has 0 saturated carbocycles. The van der Waals surface area contributed by atoms with Gasteiger partial charge in [-0.3, -0.25) is 4.98 Å². The average Bonchev–Trinajstić information content (AvgIpc) is 2.46. The number of nitrogens with zero attached hydrogens (tertiary/aromatic N) is 1. The van der Waals surface area contributed by atoms with Gasteiger partial charge in [-0.05, 0) is 30.2 Å². The van der Waals surface area contributed by atoms with Crippen LogP contribution in [0.5, 0.6) is 17.2 Å². The maximum absolute atomic E-state index is 5.80. The van der Waals surface area contributed by atoms with Gasteiger partial charge in [-0.25, -0.2) is 0 Å². The Balaban J connectivity index is 2.17. The van der Waals surface area contributed by atoms with Gasteiger partial charge in [0, 0.05) is 12.1 Å². The van der Waals surface area contributed by atoms with E-state index in [1.165, 1.54) is 0 Å². The summed E-state index contributed by atoms with van der Waals surface area (Å²) in [7, 11) is 0. The molecule has 2 rings (SSSR count). The number of hydrogen-bond donors (Lipinski definition) is 0. The van der Waals surface area contributed by atoms with E-state index in [4.69, 9.17) is 21.1 Å². The summed E-state index contributed by atoms with van der Waals surface area (Å²) >= 11 is 5.78. The highest BCUT2D eigenvalue weighted by molar-refractivity contribution is 6.17. The molecule has 0 unspecified atom stereocenters. The summed E-state index contributed by atoms with van der Waals surface area (Å²) < 4.78 is 11.4. The van der Waals surface area contributed by atoms with Gasteiger partial charge in [0.1, 0.15) is 5.75 Å². The molecule has 3 nitrogen and oxygen atoms in total. The van der Waals surface area contributed by atoms with Crippen LogP contribution in [0, 0.1) is 0 Å². The SMILES string of the molecule is CCCOc1ccccc1Oc1cncc(CCl)c1. The molecule has 0 amide bonds. The second-order valence-electron chi connectivity index (χ2n) is 4.06. The molecule has 0 atom stereocenters.